The summed E-state index contributed by atoms with van der Waals surface area (Å²) in [5.41, 5.74) is -0.460. The van der Waals surface area contributed by atoms with Gasteiger partial charge in [-0.15, -0.1) is 0 Å². The number of carbonyl (C=O) groups is 2. The average molecular weight is 643 g/mol. The van der Waals surface area contributed by atoms with Crippen molar-refractivity contribution in [1.29, 1.82) is 0 Å². The van der Waals surface area contributed by atoms with Gasteiger partial charge in [0.2, 0.25) is 0 Å². The van der Waals surface area contributed by atoms with E-state index < -0.39 is 36.9 Å². The molecule has 0 saturated heterocycles. The van der Waals surface area contributed by atoms with Gasteiger partial charge in [0, 0.05) is 66.2 Å². The van der Waals surface area contributed by atoms with E-state index in [2.05, 4.69) is 17.4 Å². The molecular weight excluding hydrogens is 611 g/mol. The van der Waals surface area contributed by atoms with Gasteiger partial charge in [0.05, 0.1) is 6.61 Å². The molecular formula is C22H31F8O5S2V-. The Hall–Kier alpha value is -1.55. The fourth-order valence-electron chi connectivity index (χ4n) is 0.648. The van der Waals surface area contributed by atoms with Crippen LogP contribution in [0.4, 0.5) is 35.1 Å². The van der Waals surface area contributed by atoms with Gasteiger partial charge in [-0.2, -0.15) is 54.7 Å². The molecule has 0 rings (SSSR count). The van der Waals surface area contributed by atoms with Crippen molar-refractivity contribution in [3.63, 3.8) is 0 Å². The maximum Gasteiger partial charge on any atom is 0.302 e. The number of rotatable bonds is 6. The van der Waals surface area contributed by atoms with Crippen molar-refractivity contribution in [3.8, 4) is 0 Å². The summed E-state index contributed by atoms with van der Waals surface area (Å²) < 4.78 is 95.5. The van der Waals surface area contributed by atoms with Gasteiger partial charge in [0.15, 0.2) is 5.12 Å². The minimum atomic E-state index is -1.79. The molecule has 0 amide bonds. The molecule has 0 saturated carbocycles. The van der Waals surface area contributed by atoms with Gasteiger partial charge in [-0.25, -0.2) is 0 Å². The van der Waals surface area contributed by atoms with E-state index in [1.54, 1.807) is 0 Å². The van der Waals surface area contributed by atoms with E-state index in [1.807, 2.05) is 0 Å². The number of thiol groups is 1. The largest absolute Gasteiger partial charge is 0.542 e. The molecule has 1 N–H and O–H groups in total. The zero-order chi connectivity index (χ0) is 30.7. The Morgan fingerprint density at radius 2 is 1.11 bits per heavy atom. The zero-order valence-corrected chi connectivity index (χ0v) is 24.8. The van der Waals surface area contributed by atoms with Crippen molar-refractivity contribution in [2.45, 2.75) is 48.5 Å². The third-order valence-electron chi connectivity index (χ3n) is 2.75. The summed E-state index contributed by atoms with van der Waals surface area (Å²) in [6.45, 7) is 8.01. The molecule has 0 aromatic heterocycles. The first-order valence-electron chi connectivity index (χ1n) is 9.66. The Morgan fingerprint density at radius 1 is 0.763 bits per heavy atom. The second-order valence-corrected chi connectivity index (χ2v) is 7.71. The Labute approximate surface area is 239 Å². The monoisotopic (exact) mass is 642 g/mol. The van der Waals surface area contributed by atoms with E-state index in [4.69, 9.17) is 9.90 Å². The predicted octanol–water partition coefficient (Wildman–Crippen LogP) is 7.51. The van der Waals surface area contributed by atoms with E-state index in [-0.39, 0.29) is 64.1 Å². The molecule has 38 heavy (non-hydrogen) atoms. The van der Waals surface area contributed by atoms with Gasteiger partial charge in [0.1, 0.15) is 6.61 Å². The smallest absolute Gasteiger partial charge is 0.302 e. The van der Waals surface area contributed by atoms with Crippen molar-refractivity contribution in [1.82, 2.24) is 0 Å². The van der Waals surface area contributed by atoms with Crippen molar-refractivity contribution in [3.05, 3.63) is 46.6 Å². The fraction of sp³-hybridized carbons (Fsp3) is 0.500. The number of hydrogen-bond donors (Lipinski definition) is 2. The van der Waals surface area contributed by atoms with Crippen molar-refractivity contribution in [2.75, 3.05) is 24.7 Å². The molecule has 0 aliphatic heterocycles. The first-order chi connectivity index (χ1) is 16.8. The van der Waals surface area contributed by atoms with E-state index in [0.29, 0.717) is 0 Å². The number of ether oxygens (including phenoxy) is 1. The molecule has 16 heteroatoms. The first kappa shape index (κ1) is 49.4. The van der Waals surface area contributed by atoms with E-state index in [9.17, 15) is 44.7 Å². The number of esters is 1. The van der Waals surface area contributed by atoms with Crippen molar-refractivity contribution >= 4 is 41.8 Å². The Kier molecular flexibility index (Phi) is 43.5. The van der Waals surface area contributed by atoms with Crippen molar-refractivity contribution < 1.29 is 77.9 Å². The summed E-state index contributed by atoms with van der Waals surface area (Å²) in [4.78, 5) is 29.0. The predicted molar refractivity (Wildman–Crippen MR) is 132 cm³/mol. The number of carbonyl (C=O) groups excluding carboxylic acids is 3. The van der Waals surface area contributed by atoms with Crippen LogP contribution in [0.5, 0.6) is 0 Å². The molecule has 0 bridgehead atoms. The summed E-state index contributed by atoms with van der Waals surface area (Å²) in [5.74, 6) is -0.319. The fourth-order valence-corrected chi connectivity index (χ4v) is 1.30. The standard InChI is InChI=1S/C6H8F2O2.C6H8F2OS.C4H6F2O.C4H6F2S.C2H3O.V/c2*1-4(6(7)8)3-10-5(2)9;2*1-3(2-7)4(5)6;1-2-3;/h2*3H2,1-2H3;2*7H,2H2,1H3;1H3;/q;;;;-1;. The number of thioether (sulfide) groups is 1. The topological polar surface area (TPSA) is 80.7 Å². The minimum absolute atomic E-state index is 0. The Balaban J connectivity index is -0.0000000870. The third-order valence-corrected chi connectivity index (χ3v) is 4.21. The second kappa shape index (κ2) is 33.5. The molecule has 5 nitrogen and oxygen atoms in total. The number of hydrogen-bond acceptors (Lipinski definition) is 7. The number of aliphatic hydroxyl groups excluding tert-OH is 1. The summed E-state index contributed by atoms with van der Waals surface area (Å²) in [5, 5.41) is 7.83. The van der Waals surface area contributed by atoms with E-state index >= 15 is 0 Å². The summed E-state index contributed by atoms with van der Waals surface area (Å²) in [7, 11) is 0. The van der Waals surface area contributed by atoms with Crippen LogP contribution in [0.25, 0.3) is 0 Å². The molecule has 0 atom stereocenters. The SMILES string of the molecule is CC(=O)OCC(C)=C(F)F.CC(=O)SCC(C)=C(F)F.CC(CO)=C(F)F.CC(CS)=C(F)F.C[C-]=O.[V]. The van der Waals surface area contributed by atoms with Gasteiger partial charge < -0.3 is 14.6 Å². The summed E-state index contributed by atoms with van der Waals surface area (Å²) >= 11 is 4.51. The van der Waals surface area contributed by atoms with Crippen LogP contribution in [-0.4, -0.2) is 47.2 Å². The third kappa shape index (κ3) is 47.6. The quantitative estimate of drug-likeness (QED) is 0.135. The summed E-state index contributed by atoms with van der Waals surface area (Å²) in [6, 6.07) is 0. The molecule has 0 aliphatic rings. The second-order valence-electron chi connectivity index (χ2n) is 6.24. The maximum atomic E-state index is 11.6. The summed E-state index contributed by atoms with van der Waals surface area (Å²) in [6.07, 6.45) is -5.38. The van der Waals surface area contributed by atoms with Crippen LogP contribution in [0.15, 0.2) is 46.6 Å². The van der Waals surface area contributed by atoms with Crippen LogP contribution in [0.3, 0.4) is 0 Å². The van der Waals surface area contributed by atoms with Crippen LogP contribution < -0.4 is 0 Å². The van der Waals surface area contributed by atoms with Gasteiger partial charge in [0.25, 0.3) is 24.3 Å². The Morgan fingerprint density at radius 3 is 1.26 bits per heavy atom. The van der Waals surface area contributed by atoms with Crippen LogP contribution >= 0.6 is 24.4 Å². The molecule has 1 radical (unpaired) electrons. The zero-order valence-electron chi connectivity index (χ0n) is 21.7. The van der Waals surface area contributed by atoms with E-state index in [1.165, 1.54) is 54.8 Å². The molecule has 0 aromatic rings. The maximum absolute atomic E-state index is 11.6. The first-order valence-corrected chi connectivity index (χ1v) is 11.3. The van der Waals surface area contributed by atoms with Gasteiger partial charge in [-0.05, 0) is 27.7 Å². The molecule has 0 heterocycles. The van der Waals surface area contributed by atoms with E-state index in [0.717, 1.165) is 11.8 Å². The minimum Gasteiger partial charge on any atom is -0.542 e. The average Bonchev–Trinajstić information content (AvgIpc) is 2.80. The molecule has 0 unspecified atom stereocenters. The Bertz CT molecular complexity index is 727. The van der Waals surface area contributed by atoms with Crippen molar-refractivity contribution in [2.24, 2.45) is 0 Å². The van der Waals surface area contributed by atoms with Crippen LogP contribution in [0, 0.1) is 0 Å². The number of halogens is 8. The van der Waals surface area contributed by atoms with Crippen LogP contribution in [-0.2, 0) is 37.7 Å². The molecule has 0 spiro atoms. The molecule has 223 valence electrons. The molecule has 0 fully saturated rings. The molecule has 0 aliphatic carbocycles. The van der Waals surface area contributed by atoms with Gasteiger partial charge in [-0.1, -0.05) is 11.8 Å². The van der Waals surface area contributed by atoms with Crippen LogP contribution in [0.2, 0.25) is 0 Å². The van der Waals surface area contributed by atoms with Crippen LogP contribution in [0.1, 0.15) is 48.5 Å². The number of aliphatic hydroxyl groups is 1. The van der Waals surface area contributed by atoms with Gasteiger partial charge in [-0.3, -0.25) is 15.9 Å². The molecule has 0 aromatic carbocycles. The normalized spacial score (nSPS) is 8.24. The van der Waals surface area contributed by atoms with Gasteiger partial charge >= 0.3 is 5.97 Å².